The van der Waals surface area contributed by atoms with Crippen LogP contribution in [0.25, 0.3) is 0 Å². The van der Waals surface area contributed by atoms with Crippen LogP contribution >= 0.6 is 12.4 Å². The van der Waals surface area contributed by atoms with Gasteiger partial charge in [0.15, 0.2) is 0 Å². The number of nitrogens with two attached hydrogens (primary N) is 1. The summed E-state index contributed by atoms with van der Waals surface area (Å²) < 4.78 is 29.9. The lowest BCUT2D eigenvalue weighted by molar-refractivity contribution is 0.199. The average Bonchev–Trinajstić information content (AvgIpc) is 2.17. The first-order chi connectivity index (χ1) is 7.25. The summed E-state index contributed by atoms with van der Waals surface area (Å²) in [6, 6.07) is 0. The molecule has 0 aliphatic heterocycles. The molecule has 0 saturated carbocycles. The first kappa shape index (κ1) is 19.5. The molecule has 0 unspecified atom stereocenters. The number of rotatable bonds is 8. The Labute approximate surface area is 111 Å². The highest BCUT2D eigenvalue weighted by Gasteiger charge is 2.25. The highest BCUT2D eigenvalue weighted by atomic mass is 35.5. The van der Waals surface area contributed by atoms with Crippen LogP contribution in [0.4, 0.5) is 0 Å². The Morgan fingerprint density at radius 2 is 1.88 bits per heavy atom. The Morgan fingerprint density at radius 3 is 2.29 bits per heavy atom. The van der Waals surface area contributed by atoms with Crippen molar-refractivity contribution >= 4 is 22.4 Å². The summed E-state index contributed by atoms with van der Waals surface area (Å²) in [6.07, 6.45) is 0.520. The number of sulfonamides is 1. The van der Waals surface area contributed by atoms with Gasteiger partial charge in [-0.25, -0.2) is 12.7 Å². The van der Waals surface area contributed by atoms with Crippen molar-refractivity contribution in [3.05, 3.63) is 0 Å². The van der Waals surface area contributed by atoms with E-state index in [-0.39, 0.29) is 23.6 Å². The van der Waals surface area contributed by atoms with Gasteiger partial charge in [0.05, 0.1) is 5.75 Å². The SMILES string of the molecule is COCCCS(=O)(=O)N(C)CC(C)(C)CN.Cl. The number of methoxy groups -OCH3 is 1. The average molecular weight is 289 g/mol. The molecule has 106 valence electrons. The molecule has 0 saturated heterocycles. The van der Waals surface area contributed by atoms with Gasteiger partial charge in [-0.3, -0.25) is 0 Å². The predicted octanol–water partition coefficient (Wildman–Crippen LogP) is 0.691. The molecule has 0 bridgehead atoms. The maximum absolute atomic E-state index is 11.8. The van der Waals surface area contributed by atoms with E-state index in [0.29, 0.717) is 26.1 Å². The normalized spacial score (nSPS) is 12.6. The molecule has 0 aromatic heterocycles. The summed E-state index contributed by atoms with van der Waals surface area (Å²) in [5.41, 5.74) is 5.39. The minimum Gasteiger partial charge on any atom is -0.385 e. The van der Waals surface area contributed by atoms with E-state index >= 15 is 0 Å². The van der Waals surface area contributed by atoms with E-state index in [2.05, 4.69) is 0 Å². The van der Waals surface area contributed by atoms with E-state index in [0.717, 1.165) is 0 Å². The molecule has 0 fully saturated rings. The van der Waals surface area contributed by atoms with Crippen molar-refractivity contribution in [1.29, 1.82) is 0 Å². The van der Waals surface area contributed by atoms with Crippen LogP contribution in [0.3, 0.4) is 0 Å². The third kappa shape index (κ3) is 7.94. The van der Waals surface area contributed by atoms with Crippen molar-refractivity contribution < 1.29 is 13.2 Å². The lowest BCUT2D eigenvalue weighted by atomic mass is 9.94. The Balaban J connectivity index is 0. The van der Waals surface area contributed by atoms with Crippen molar-refractivity contribution in [1.82, 2.24) is 4.31 Å². The van der Waals surface area contributed by atoms with E-state index < -0.39 is 10.0 Å². The van der Waals surface area contributed by atoms with Crippen LogP contribution in [0.2, 0.25) is 0 Å². The highest BCUT2D eigenvalue weighted by molar-refractivity contribution is 7.89. The summed E-state index contributed by atoms with van der Waals surface area (Å²) in [5.74, 6) is 0.123. The quantitative estimate of drug-likeness (QED) is 0.667. The number of hydrogen-bond donors (Lipinski definition) is 1. The maximum Gasteiger partial charge on any atom is 0.213 e. The second-order valence-corrected chi connectivity index (χ2v) is 6.98. The Hall–Kier alpha value is 0.120. The summed E-state index contributed by atoms with van der Waals surface area (Å²) in [7, 11) is -0.0179. The first-order valence-corrected chi connectivity index (χ1v) is 6.99. The number of hydrogen-bond acceptors (Lipinski definition) is 4. The Kier molecular flexibility index (Phi) is 9.46. The van der Waals surface area contributed by atoms with Crippen molar-refractivity contribution in [3.8, 4) is 0 Å². The van der Waals surface area contributed by atoms with Gasteiger partial charge in [0.25, 0.3) is 0 Å². The van der Waals surface area contributed by atoms with Crippen molar-refractivity contribution in [2.45, 2.75) is 20.3 Å². The fraction of sp³-hybridized carbons (Fsp3) is 1.00. The number of nitrogens with zero attached hydrogens (tertiary/aromatic N) is 1. The van der Waals surface area contributed by atoms with Gasteiger partial charge in [-0.2, -0.15) is 0 Å². The van der Waals surface area contributed by atoms with Gasteiger partial charge in [-0.15, -0.1) is 12.4 Å². The third-order valence-corrected chi connectivity index (χ3v) is 4.31. The van der Waals surface area contributed by atoms with Crippen molar-refractivity contribution in [2.75, 3.05) is 39.6 Å². The van der Waals surface area contributed by atoms with Gasteiger partial charge in [0, 0.05) is 27.3 Å². The number of halogens is 1. The zero-order valence-corrected chi connectivity index (χ0v) is 12.7. The smallest absolute Gasteiger partial charge is 0.213 e. The molecular formula is C10H25ClN2O3S. The topological polar surface area (TPSA) is 72.6 Å². The standard InChI is InChI=1S/C10H24N2O3S.ClH/c1-10(2,8-11)9-12(3)16(13,14)7-5-6-15-4;/h5-9,11H2,1-4H3;1H. The van der Waals surface area contributed by atoms with Crippen LogP contribution in [0.5, 0.6) is 0 Å². The maximum atomic E-state index is 11.8. The summed E-state index contributed by atoms with van der Waals surface area (Å²) in [5, 5.41) is 0. The zero-order valence-electron chi connectivity index (χ0n) is 11.1. The van der Waals surface area contributed by atoms with Gasteiger partial charge in [0.1, 0.15) is 0 Å². The minimum atomic E-state index is -3.18. The molecule has 0 spiro atoms. The minimum absolute atomic E-state index is 0. The highest BCUT2D eigenvalue weighted by Crippen LogP contribution is 2.16. The first-order valence-electron chi connectivity index (χ1n) is 5.38. The van der Waals surface area contributed by atoms with Gasteiger partial charge < -0.3 is 10.5 Å². The molecule has 0 rings (SSSR count). The second-order valence-electron chi connectivity index (χ2n) is 4.79. The third-order valence-electron chi connectivity index (χ3n) is 2.43. The molecule has 0 atom stereocenters. The van der Waals surface area contributed by atoms with Gasteiger partial charge >= 0.3 is 0 Å². The van der Waals surface area contributed by atoms with Crippen LogP contribution < -0.4 is 5.73 Å². The molecule has 0 radical (unpaired) electrons. The molecule has 0 aromatic carbocycles. The molecule has 5 nitrogen and oxygen atoms in total. The van der Waals surface area contributed by atoms with E-state index in [1.54, 1.807) is 14.2 Å². The van der Waals surface area contributed by atoms with E-state index in [1.807, 2.05) is 13.8 Å². The molecule has 17 heavy (non-hydrogen) atoms. The van der Waals surface area contributed by atoms with E-state index in [1.165, 1.54) is 4.31 Å². The predicted molar refractivity (Wildman–Crippen MR) is 73.0 cm³/mol. The van der Waals surface area contributed by atoms with Crippen LogP contribution in [0.15, 0.2) is 0 Å². The Bertz CT molecular complexity index is 294. The molecule has 0 aliphatic rings. The fourth-order valence-electron chi connectivity index (χ4n) is 1.31. The molecule has 2 N–H and O–H groups in total. The van der Waals surface area contributed by atoms with Crippen molar-refractivity contribution in [2.24, 2.45) is 11.1 Å². The zero-order chi connectivity index (χ0) is 12.8. The molecule has 7 heteroatoms. The van der Waals surface area contributed by atoms with Crippen LogP contribution in [-0.4, -0.2) is 52.3 Å². The summed E-state index contributed by atoms with van der Waals surface area (Å²) in [4.78, 5) is 0. The molecule has 0 aromatic rings. The van der Waals surface area contributed by atoms with Crippen molar-refractivity contribution in [3.63, 3.8) is 0 Å². The number of ether oxygens (including phenoxy) is 1. The van der Waals surface area contributed by atoms with Gasteiger partial charge in [-0.05, 0) is 18.4 Å². The molecule has 0 aliphatic carbocycles. The van der Waals surface area contributed by atoms with Crippen LogP contribution in [-0.2, 0) is 14.8 Å². The second kappa shape index (κ2) is 8.26. The molecule has 0 amide bonds. The fourth-order valence-corrected chi connectivity index (χ4v) is 2.65. The lowest BCUT2D eigenvalue weighted by Crippen LogP contribution is -2.40. The van der Waals surface area contributed by atoms with E-state index in [4.69, 9.17) is 10.5 Å². The summed E-state index contributed by atoms with van der Waals surface area (Å²) in [6.45, 7) is 5.28. The van der Waals surface area contributed by atoms with Gasteiger partial charge in [-0.1, -0.05) is 13.8 Å². The molecule has 0 heterocycles. The van der Waals surface area contributed by atoms with Crippen LogP contribution in [0, 0.1) is 5.41 Å². The van der Waals surface area contributed by atoms with E-state index in [9.17, 15) is 8.42 Å². The van der Waals surface area contributed by atoms with Crippen LogP contribution in [0.1, 0.15) is 20.3 Å². The largest absolute Gasteiger partial charge is 0.385 e. The molecular weight excluding hydrogens is 264 g/mol. The monoisotopic (exact) mass is 288 g/mol. The Morgan fingerprint density at radius 1 is 1.35 bits per heavy atom. The summed E-state index contributed by atoms with van der Waals surface area (Å²) >= 11 is 0. The van der Waals surface area contributed by atoms with Gasteiger partial charge in [0.2, 0.25) is 10.0 Å². The lowest BCUT2D eigenvalue weighted by Gasteiger charge is -2.28.